The van der Waals surface area contributed by atoms with Crippen LogP contribution < -0.4 is 0 Å². The van der Waals surface area contributed by atoms with Crippen LogP contribution in [0.3, 0.4) is 0 Å². The number of hydrogen-bond acceptors (Lipinski definition) is 2. The van der Waals surface area contributed by atoms with E-state index in [1.165, 1.54) is 22.3 Å². The molecule has 0 aliphatic carbocycles. The quantitative estimate of drug-likeness (QED) is 0.242. The first kappa shape index (κ1) is 32.1. The molecule has 2 rings (SSSR count). The molecule has 0 amide bonds. The van der Waals surface area contributed by atoms with Gasteiger partial charge in [0.25, 0.3) is 0 Å². The second-order valence-electron chi connectivity index (χ2n) is 9.55. The standard InChI is InChI=1S/C29H33ClO2.C4H10O/c1-8-26(29(31)32)21(5)13-22(6)27-17-28(30)23(7)16-25(27)15-20(4)19(3)14-24-12-10-9-11-18(24)2;1-2-3-4-5/h8-14,16-17,20H,5,15H2,1-4,6-7H3,(H,31,32);5H,2-4H2,1H3/b19-14+,22-13+,26-8+;. The average molecular weight is 523 g/mol. The molecule has 0 radical (unpaired) electrons. The third-order valence-corrected chi connectivity index (χ3v) is 6.86. The molecule has 0 spiro atoms. The fourth-order valence-electron chi connectivity index (χ4n) is 3.93. The maximum absolute atomic E-state index is 11.5. The van der Waals surface area contributed by atoms with Crippen molar-refractivity contribution >= 4 is 29.2 Å². The van der Waals surface area contributed by atoms with Crippen molar-refractivity contribution in [3.05, 3.63) is 105 Å². The Morgan fingerprint density at radius 2 is 1.78 bits per heavy atom. The van der Waals surface area contributed by atoms with Crippen LogP contribution >= 0.6 is 11.6 Å². The van der Waals surface area contributed by atoms with Crippen LogP contribution in [0, 0.1) is 19.8 Å². The first-order valence-electron chi connectivity index (χ1n) is 12.9. The summed E-state index contributed by atoms with van der Waals surface area (Å²) in [5, 5.41) is 18.2. The Morgan fingerprint density at radius 3 is 2.30 bits per heavy atom. The Balaban J connectivity index is 0.00000124. The van der Waals surface area contributed by atoms with Gasteiger partial charge < -0.3 is 10.2 Å². The second-order valence-corrected chi connectivity index (χ2v) is 9.95. The van der Waals surface area contributed by atoms with Crippen molar-refractivity contribution in [2.24, 2.45) is 5.92 Å². The van der Waals surface area contributed by atoms with Crippen LogP contribution in [0.5, 0.6) is 0 Å². The molecule has 1 atom stereocenters. The molecule has 2 aromatic carbocycles. The van der Waals surface area contributed by atoms with E-state index < -0.39 is 5.97 Å². The average Bonchev–Trinajstić information content (AvgIpc) is 2.83. The van der Waals surface area contributed by atoms with Crippen molar-refractivity contribution in [1.82, 2.24) is 0 Å². The minimum absolute atomic E-state index is 0.203. The van der Waals surface area contributed by atoms with Gasteiger partial charge in [-0.25, -0.2) is 4.79 Å². The van der Waals surface area contributed by atoms with Gasteiger partial charge in [-0.05, 0) is 98.4 Å². The molecule has 4 heteroatoms. The summed E-state index contributed by atoms with van der Waals surface area (Å²) in [5.74, 6) is -0.649. The van der Waals surface area contributed by atoms with Crippen LogP contribution in [0.25, 0.3) is 11.6 Å². The maximum Gasteiger partial charge on any atom is 0.335 e. The SMILES string of the molecule is C=C(/C=C(\C)c1cc(Cl)c(C)cc1CC(C)/C(C)=C/c1ccccc1C)/C(=C\C)C(=O)O.CCCCO. The van der Waals surface area contributed by atoms with Gasteiger partial charge in [0.2, 0.25) is 0 Å². The third kappa shape index (κ3) is 10.2. The number of aryl methyl sites for hydroxylation is 2. The van der Waals surface area contributed by atoms with Crippen molar-refractivity contribution in [2.45, 2.75) is 67.7 Å². The van der Waals surface area contributed by atoms with Gasteiger partial charge in [-0.15, -0.1) is 0 Å². The fourth-order valence-corrected chi connectivity index (χ4v) is 4.09. The highest BCUT2D eigenvalue weighted by molar-refractivity contribution is 6.31. The van der Waals surface area contributed by atoms with E-state index in [1.807, 2.05) is 26.0 Å². The molecule has 0 aromatic heterocycles. The number of hydrogen-bond donors (Lipinski definition) is 2. The van der Waals surface area contributed by atoms with Crippen LogP contribution in [-0.4, -0.2) is 22.8 Å². The summed E-state index contributed by atoms with van der Waals surface area (Å²) < 4.78 is 0. The molecule has 2 aromatic rings. The zero-order valence-corrected chi connectivity index (χ0v) is 24.2. The van der Waals surface area contributed by atoms with E-state index in [0.717, 1.165) is 36.0 Å². The van der Waals surface area contributed by atoms with Crippen molar-refractivity contribution in [1.29, 1.82) is 0 Å². The highest BCUT2D eigenvalue weighted by Crippen LogP contribution is 2.31. The molecule has 0 saturated heterocycles. The number of carboxylic acid groups (broad SMARTS) is 1. The molecule has 0 aliphatic heterocycles. The lowest BCUT2D eigenvalue weighted by atomic mass is 9.87. The minimum atomic E-state index is -0.977. The van der Waals surface area contributed by atoms with Crippen LogP contribution in [0.2, 0.25) is 5.02 Å². The van der Waals surface area contributed by atoms with Gasteiger partial charge >= 0.3 is 5.97 Å². The summed E-state index contributed by atoms with van der Waals surface area (Å²) in [6.07, 6.45) is 8.55. The molecule has 3 nitrogen and oxygen atoms in total. The topological polar surface area (TPSA) is 57.5 Å². The Hall–Kier alpha value is -2.88. The van der Waals surface area contributed by atoms with Gasteiger partial charge in [-0.3, -0.25) is 0 Å². The van der Waals surface area contributed by atoms with E-state index >= 15 is 0 Å². The molecule has 1 unspecified atom stereocenters. The van der Waals surface area contributed by atoms with Gasteiger partial charge in [0.1, 0.15) is 0 Å². The molecule has 0 aliphatic rings. The van der Waals surface area contributed by atoms with Gasteiger partial charge in [0.15, 0.2) is 0 Å². The van der Waals surface area contributed by atoms with E-state index in [4.69, 9.17) is 16.7 Å². The van der Waals surface area contributed by atoms with Crippen molar-refractivity contribution < 1.29 is 15.0 Å². The van der Waals surface area contributed by atoms with Gasteiger partial charge in [0, 0.05) is 11.6 Å². The molecule has 0 heterocycles. The highest BCUT2D eigenvalue weighted by atomic mass is 35.5. The predicted molar refractivity (Wildman–Crippen MR) is 160 cm³/mol. The molecule has 0 bridgehead atoms. The third-order valence-electron chi connectivity index (χ3n) is 6.45. The van der Waals surface area contributed by atoms with Crippen molar-refractivity contribution in [3.8, 4) is 0 Å². The molecule has 0 saturated carbocycles. The van der Waals surface area contributed by atoms with Gasteiger partial charge in [-0.2, -0.15) is 0 Å². The van der Waals surface area contributed by atoms with Crippen molar-refractivity contribution in [3.63, 3.8) is 0 Å². The summed E-state index contributed by atoms with van der Waals surface area (Å²) in [5.41, 5.74) is 8.69. The Kier molecular flexibility index (Phi) is 14.0. The molecular formula is C33H43ClO3. The molecule has 2 N–H and O–H groups in total. The van der Waals surface area contributed by atoms with E-state index in [2.05, 4.69) is 70.7 Å². The normalized spacial score (nSPS) is 13.1. The first-order valence-corrected chi connectivity index (χ1v) is 13.3. The summed E-state index contributed by atoms with van der Waals surface area (Å²) in [6, 6.07) is 12.5. The zero-order valence-electron chi connectivity index (χ0n) is 23.5. The van der Waals surface area contributed by atoms with Crippen LogP contribution in [0.15, 0.2) is 71.8 Å². The summed E-state index contributed by atoms with van der Waals surface area (Å²) in [6.45, 7) is 18.6. The number of halogens is 1. The fraction of sp³-hybridized carbons (Fsp3) is 0.364. The number of benzene rings is 2. The molecule has 37 heavy (non-hydrogen) atoms. The summed E-state index contributed by atoms with van der Waals surface area (Å²) in [4.78, 5) is 11.5. The van der Waals surface area contributed by atoms with Gasteiger partial charge in [-0.1, -0.05) is 92.6 Å². The Morgan fingerprint density at radius 1 is 1.14 bits per heavy atom. The number of aliphatic carboxylic acids is 1. The van der Waals surface area contributed by atoms with Crippen LogP contribution in [0.4, 0.5) is 0 Å². The largest absolute Gasteiger partial charge is 0.478 e. The van der Waals surface area contributed by atoms with Crippen LogP contribution in [-0.2, 0) is 11.2 Å². The number of allylic oxidation sites excluding steroid dienone is 4. The van der Waals surface area contributed by atoms with E-state index in [-0.39, 0.29) is 5.57 Å². The summed E-state index contributed by atoms with van der Waals surface area (Å²) in [7, 11) is 0. The lowest BCUT2D eigenvalue weighted by molar-refractivity contribution is -0.132. The number of carboxylic acids is 1. The van der Waals surface area contributed by atoms with Gasteiger partial charge in [0.05, 0.1) is 5.57 Å². The Bertz CT molecular complexity index is 1170. The molecule has 200 valence electrons. The second kappa shape index (κ2) is 16.1. The van der Waals surface area contributed by atoms with E-state index in [0.29, 0.717) is 23.1 Å². The van der Waals surface area contributed by atoms with Crippen molar-refractivity contribution in [2.75, 3.05) is 6.61 Å². The Labute approximate surface area is 228 Å². The lowest BCUT2D eigenvalue weighted by Gasteiger charge is -2.18. The number of aliphatic hydroxyl groups is 1. The highest BCUT2D eigenvalue weighted by Gasteiger charge is 2.15. The molecular weight excluding hydrogens is 480 g/mol. The predicted octanol–water partition coefficient (Wildman–Crippen LogP) is 9.01. The first-order chi connectivity index (χ1) is 17.5. The van der Waals surface area contributed by atoms with E-state index in [1.54, 1.807) is 13.0 Å². The number of aliphatic hydroxyl groups excluding tert-OH is 1. The smallest absolute Gasteiger partial charge is 0.335 e. The monoisotopic (exact) mass is 522 g/mol. The number of carbonyl (C=O) groups is 1. The molecule has 0 fully saturated rings. The number of rotatable bonds is 10. The lowest BCUT2D eigenvalue weighted by Crippen LogP contribution is -2.05. The maximum atomic E-state index is 11.5. The summed E-state index contributed by atoms with van der Waals surface area (Å²) >= 11 is 6.46. The minimum Gasteiger partial charge on any atom is -0.478 e. The number of unbranched alkanes of at least 4 members (excludes halogenated alkanes) is 1. The van der Waals surface area contributed by atoms with E-state index in [9.17, 15) is 9.90 Å². The zero-order chi connectivity index (χ0) is 28.1. The van der Waals surface area contributed by atoms with Crippen LogP contribution in [0.1, 0.15) is 75.3 Å².